The molecule has 0 saturated carbocycles. The predicted octanol–water partition coefficient (Wildman–Crippen LogP) is 4.34. The van der Waals surface area contributed by atoms with Gasteiger partial charge < -0.3 is 19.8 Å². The van der Waals surface area contributed by atoms with Crippen molar-refractivity contribution in [2.45, 2.75) is 38.6 Å². The Morgan fingerprint density at radius 2 is 2.05 bits per heavy atom. The Morgan fingerprint density at radius 1 is 1.19 bits per heavy atom. The lowest BCUT2D eigenvalue weighted by Crippen LogP contribution is -2.33. The van der Waals surface area contributed by atoms with Crippen molar-refractivity contribution in [3.8, 4) is 11.8 Å². The molecule has 1 fully saturated rings. The van der Waals surface area contributed by atoms with Gasteiger partial charge in [0.1, 0.15) is 30.0 Å². The highest BCUT2D eigenvalue weighted by atomic mass is 19.1. The number of rotatable bonds is 9. The molecule has 4 heterocycles. The highest BCUT2D eigenvalue weighted by Gasteiger charge is 2.24. The van der Waals surface area contributed by atoms with E-state index in [9.17, 15) is 18.8 Å². The summed E-state index contributed by atoms with van der Waals surface area (Å²) in [5.74, 6) is -1.01. The summed E-state index contributed by atoms with van der Waals surface area (Å²) in [4.78, 5) is 22.6. The molecule has 9 nitrogen and oxygen atoms in total. The zero-order valence-electron chi connectivity index (χ0n) is 22.7. The van der Waals surface area contributed by atoms with Crippen LogP contribution in [0.25, 0.3) is 16.6 Å². The van der Waals surface area contributed by atoms with Gasteiger partial charge in [-0.25, -0.2) is 18.7 Å². The number of carbonyl (C=O) groups excluding carboxylic acids is 1. The lowest BCUT2D eigenvalue weighted by atomic mass is 9.99. The Bertz CT molecular complexity index is 1740. The number of nitrogens with zero attached hydrogens (tertiary/aromatic N) is 5. The SMILES string of the molecule is N#Cc1cc2nc(CN3CC=C(c4ccc(F)c(OCc5ccc(C(N)=O)cc5F)c4)CC3)n(CC3CCO3)c2cn1. The third-order valence-electron chi connectivity index (χ3n) is 7.69. The summed E-state index contributed by atoms with van der Waals surface area (Å²) in [7, 11) is 0. The van der Waals surface area contributed by atoms with Crippen molar-refractivity contribution in [3.05, 3.63) is 94.6 Å². The summed E-state index contributed by atoms with van der Waals surface area (Å²) >= 11 is 0. The van der Waals surface area contributed by atoms with Crippen LogP contribution in [0.1, 0.15) is 45.8 Å². The van der Waals surface area contributed by atoms with Gasteiger partial charge in [0.25, 0.3) is 0 Å². The first-order valence-corrected chi connectivity index (χ1v) is 13.7. The third-order valence-corrected chi connectivity index (χ3v) is 7.69. The highest BCUT2D eigenvalue weighted by molar-refractivity contribution is 5.92. The van der Waals surface area contributed by atoms with Crippen LogP contribution in [0, 0.1) is 23.0 Å². The van der Waals surface area contributed by atoms with Crippen LogP contribution >= 0.6 is 0 Å². The van der Waals surface area contributed by atoms with Gasteiger partial charge in [-0.1, -0.05) is 18.2 Å². The van der Waals surface area contributed by atoms with Crippen LogP contribution in [0.2, 0.25) is 0 Å². The smallest absolute Gasteiger partial charge is 0.248 e. The number of hydrogen-bond acceptors (Lipinski definition) is 7. The van der Waals surface area contributed by atoms with E-state index in [0.717, 1.165) is 60.1 Å². The molecule has 2 aromatic carbocycles. The molecule has 1 amide bonds. The van der Waals surface area contributed by atoms with E-state index in [-0.39, 0.29) is 29.6 Å². The molecule has 2 aliphatic heterocycles. The molecular formula is C31H28F2N6O3. The van der Waals surface area contributed by atoms with Gasteiger partial charge in [-0.05, 0) is 48.2 Å². The van der Waals surface area contributed by atoms with Crippen molar-refractivity contribution < 1.29 is 23.0 Å². The van der Waals surface area contributed by atoms with Gasteiger partial charge in [0.2, 0.25) is 5.91 Å². The molecule has 4 aromatic rings. The zero-order valence-corrected chi connectivity index (χ0v) is 22.7. The van der Waals surface area contributed by atoms with E-state index in [1.54, 1.807) is 24.4 Å². The van der Waals surface area contributed by atoms with Gasteiger partial charge in [0, 0.05) is 36.9 Å². The number of hydrogen-bond donors (Lipinski definition) is 1. The first-order valence-electron chi connectivity index (χ1n) is 13.7. The van der Waals surface area contributed by atoms with Gasteiger partial charge in [-0.2, -0.15) is 5.26 Å². The summed E-state index contributed by atoms with van der Waals surface area (Å²) in [6, 6.07) is 12.3. The molecule has 2 aliphatic rings. The standard InChI is InChI=1S/C31H28F2N6O3/c32-25-4-3-20(12-29(25)42-18-22-2-1-21(31(35)40)11-26(22)33)19-5-8-38(9-6-19)17-30-37-27-13-23(14-34)36-15-28(27)39(30)16-24-7-10-41-24/h1-5,11-13,15,24H,6-10,16-18H2,(H2,35,40). The molecule has 11 heteroatoms. The van der Waals surface area contributed by atoms with Crippen LogP contribution in [0.5, 0.6) is 5.75 Å². The van der Waals surface area contributed by atoms with Crippen LogP contribution in [-0.2, 0) is 24.4 Å². The van der Waals surface area contributed by atoms with Gasteiger partial charge >= 0.3 is 0 Å². The molecule has 2 N–H and O–H groups in total. The Labute approximate surface area is 240 Å². The molecule has 1 saturated heterocycles. The molecule has 214 valence electrons. The Balaban J connectivity index is 1.15. The summed E-state index contributed by atoms with van der Waals surface area (Å²) in [5, 5.41) is 9.26. The van der Waals surface area contributed by atoms with Crippen LogP contribution in [0.15, 0.2) is 54.7 Å². The van der Waals surface area contributed by atoms with E-state index in [1.807, 2.05) is 0 Å². The molecule has 1 unspecified atom stereocenters. The first kappa shape index (κ1) is 27.5. The van der Waals surface area contributed by atoms with Crippen molar-refractivity contribution in [1.29, 1.82) is 5.26 Å². The van der Waals surface area contributed by atoms with Crippen LogP contribution in [-0.4, -0.2) is 51.1 Å². The summed E-state index contributed by atoms with van der Waals surface area (Å²) in [6.45, 7) is 3.31. The van der Waals surface area contributed by atoms with Crippen LogP contribution in [0.3, 0.4) is 0 Å². The topological polar surface area (TPSA) is 119 Å². The van der Waals surface area contributed by atoms with Crippen LogP contribution < -0.4 is 10.5 Å². The van der Waals surface area contributed by atoms with E-state index >= 15 is 0 Å². The molecule has 0 bridgehead atoms. The number of aromatic nitrogens is 3. The van der Waals surface area contributed by atoms with Crippen molar-refractivity contribution in [3.63, 3.8) is 0 Å². The second kappa shape index (κ2) is 11.7. The lowest BCUT2D eigenvalue weighted by molar-refractivity contribution is -0.0591. The lowest BCUT2D eigenvalue weighted by Gasteiger charge is -2.29. The predicted molar refractivity (Wildman–Crippen MR) is 150 cm³/mol. The number of imidazole rings is 1. The van der Waals surface area contributed by atoms with E-state index in [0.29, 0.717) is 25.3 Å². The molecule has 0 spiro atoms. The largest absolute Gasteiger partial charge is 0.486 e. The summed E-state index contributed by atoms with van der Waals surface area (Å²) in [6.07, 6.45) is 5.69. The van der Waals surface area contributed by atoms with Gasteiger partial charge in [-0.15, -0.1) is 0 Å². The summed E-state index contributed by atoms with van der Waals surface area (Å²) in [5.41, 5.74) is 9.29. The quantitative estimate of drug-likeness (QED) is 0.318. The molecular weight excluding hydrogens is 542 g/mol. The number of fused-ring (bicyclic) bond motifs is 1. The maximum atomic E-state index is 14.6. The van der Waals surface area contributed by atoms with Gasteiger partial charge in [-0.3, -0.25) is 9.69 Å². The van der Waals surface area contributed by atoms with E-state index in [4.69, 9.17) is 20.2 Å². The molecule has 0 radical (unpaired) electrons. The van der Waals surface area contributed by atoms with Crippen molar-refractivity contribution in [2.24, 2.45) is 5.73 Å². The average molecular weight is 571 g/mol. The number of ether oxygens (including phenoxy) is 2. The Hall–Kier alpha value is -4.66. The Morgan fingerprint density at radius 3 is 2.74 bits per heavy atom. The van der Waals surface area contributed by atoms with E-state index in [1.165, 1.54) is 18.2 Å². The minimum absolute atomic E-state index is 0.0199. The second-order valence-corrected chi connectivity index (χ2v) is 10.4. The molecule has 1 atom stereocenters. The summed E-state index contributed by atoms with van der Waals surface area (Å²) < 4.78 is 42.3. The number of benzene rings is 2. The Kier molecular flexibility index (Phi) is 7.65. The molecule has 42 heavy (non-hydrogen) atoms. The number of nitrogens with two attached hydrogens (primary N) is 1. The third kappa shape index (κ3) is 5.72. The number of pyridine rings is 1. The zero-order chi connectivity index (χ0) is 29.2. The number of carbonyl (C=O) groups is 1. The number of nitriles is 1. The fraction of sp³-hybridized carbons (Fsp3) is 0.290. The van der Waals surface area contributed by atoms with E-state index < -0.39 is 17.5 Å². The number of amides is 1. The highest BCUT2D eigenvalue weighted by Crippen LogP contribution is 2.29. The fourth-order valence-electron chi connectivity index (χ4n) is 5.20. The van der Waals surface area contributed by atoms with E-state index in [2.05, 4.69) is 26.6 Å². The minimum atomic E-state index is -0.729. The van der Waals surface area contributed by atoms with Gasteiger partial charge in [0.15, 0.2) is 11.6 Å². The normalized spacial score (nSPS) is 17.0. The maximum Gasteiger partial charge on any atom is 0.248 e. The van der Waals surface area contributed by atoms with Crippen molar-refractivity contribution >= 4 is 22.5 Å². The van der Waals surface area contributed by atoms with Crippen molar-refractivity contribution in [1.82, 2.24) is 19.4 Å². The first-order chi connectivity index (χ1) is 20.4. The monoisotopic (exact) mass is 570 g/mol. The van der Waals surface area contributed by atoms with Gasteiger partial charge in [0.05, 0.1) is 36.4 Å². The van der Waals surface area contributed by atoms with Crippen molar-refractivity contribution in [2.75, 3.05) is 19.7 Å². The molecule has 6 rings (SSSR count). The fourth-order valence-corrected chi connectivity index (χ4v) is 5.20. The second-order valence-electron chi connectivity index (χ2n) is 10.4. The minimum Gasteiger partial charge on any atom is -0.486 e. The molecule has 0 aliphatic carbocycles. The number of primary amides is 1. The number of halogens is 2. The van der Waals surface area contributed by atoms with Crippen LogP contribution in [0.4, 0.5) is 8.78 Å². The molecule has 2 aromatic heterocycles. The maximum absolute atomic E-state index is 14.6. The average Bonchev–Trinajstić information content (AvgIpc) is 3.31.